The summed E-state index contributed by atoms with van der Waals surface area (Å²) >= 11 is 0. The molecule has 0 aromatic heterocycles. The zero-order chi connectivity index (χ0) is 15.7. The van der Waals surface area contributed by atoms with Crippen LogP contribution in [0.15, 0.2) is 17.2 Å². The number of hydrogen-bond donors (Lipinski definition) is 2. The van der Waals surface area contributed by atoms with Crippen molar-refractivity contribution in [3.8, 4) is 17.2 Å². The van der Waals surface area contributed by atoms with E-state index >= 15 is 0 Å². The number of carbonyl (C=O) groups is 1. The first-order valence-corrected chi connectivity index (χ1v) is 6.47. The fourth-order valence-corrected chi connectivity index (χ4v) is 1.53. The first-order chi connectivity index (χ1) is 10.1. The summed E-state index contributed by atoms with van der Waals surface area (Å²) in [5.74, 6) is 0.201. The molecule has 1 amide bonds. The van der Waals surface area contributed by atoms with Crippen LogP contribution in [0, 0.1) is 0 Å². The summed E-state index contributed by atoms with van der Waals surface area (Å²) in [5, 5.41) is 13.6. The zero-order valence-electron chi connectivity index (χ0n) is 12.4. The lowest BCUT2D eigenvalue weighted by molar-refractivity contribution is -0.122. The maximum atomic E-state index is 11.4. The van der Waals surface area contributed by atoms with Crippen LogP contribution in [-0.4, -0.2) is 44.7 Å². The van der Waals surface area contributed by atoms with Gasteiger partial charge in [-0.1, -0.05) is 0 Å². The molecule has 0 radical (unpaired) electrons. The van der Waals surface area contributed by atoms with Crippen LogP contribution in [0.3, 0.4) is 0 Å². The second-order valence-corrected chi connectivity index (χ2v) is 4.01. The molecule has 0 fully saturated rings. The second-order valence-electron chi connectivity index (χ2n) is 4.01. The van der Waals surface area contributed by atoms with Crippen LogP contribution < -0.4 is 14.9 Å². The third-order valence-electron chi connectivity index (χ3n) is 2.58. The summed E-state index contributed by atoms with van der Waals surface area (Å²) in [6.45, 7) is 2.80. The number of phenols is 1. The minimum absolute atomic E-state index is 0.0853. The average Bonchev–Trinajstić information content (AvgIpc) is 2.48. The van der Waals surface area contributed by atoms with Crippen LogP contribution in [0.4, 0.5) is 0 Å². The molecule has 0 aliphatic heterocycles. The summed E-state index contributed by atoms with van der Waals surface area (Å²) in [4.78, 5) is 11.4. The third kappa shape index (κ3) is 5.31. The van der Waals surface area contributed by atoms with E-state index in [9.17, 15) is 9.90 Å². The highest BCUT2D eigenvalue weighted by molar-refractivity contribution is 5.84. The van der Waals surface area contributed by atoms with Crippen molar-refractivity contribution in [1.82, 2.24) is 5.43 Å². The van der Waals surface area contributed by atoms with Crippen LogP contribution >= 0.6 is 0 Å². The maximum absolute atomic E-state index is 11.4. The van der Waals surface area contributed by atoms with Gasteiger partial charge in [0, 0.05) is 12.2 Å². The molecular weight excluding hydrogens is 276 g/mol. The number of ether oxygens (including phenoxy) is 3. The van der Waals surface area contributed by atoms with Crippen molar-refractivity contribution in [3.63, 3.8) is 0 Å². The summed E-state index contributed by atoms with van der Waals surface area (Å²) in [6, 6.07) is 3.15. The van der Waals surface area contributed by atoms with Crippen molar-refractivity contribution in [3.05, 3.63) is 17.7 Å². The average molecular weight is 296 g/mol. The lowest BCUT2D eigenvalue weighted by Crippen LogP contribution is -2.19. The van der Waals surface area contributed by atoms with Crippen molar-refractivity contribution >= 4 is 12.1 Å². The Bertz CT molecular complexity index is 477. The Morgan fingerprint density at radius 2 is 1.95 bits per heavy atom. The molecule has 1 aromatic rings. The van der Waals surface area contributed by atoms with Gasteiger partial charge in [-0.25, -0.2) is 5.43 Å². The van der Waals surface area contributed by atoms with Gasteiger partial charge in [0.15, 0.2) is 11.5 Å². The predicted octanol–water partition coefficient (Wildman–Crippen LogP) is 1.29. The number of benzene rings is 1. The Balaban J connectivity index is 2.65. The van der Waals surface area contributed by atoms with Crippen LogP contribution in [0.1, 0.15) is 18.9 Å². The van der Waals surface area contributed by atoms with Gasteiger partial charge < -0.3 is 19.3 Å². The quantitative estimate of drug-likeness (QED) is 0.428. The van der Waals surface area contributed by atoms with E-state index in [0.29, 0.717) is 18.8 Å². The molecule has 0 saturated heterocycles. The van der Waals surface area contributed by atoms with E-state index in [-0.39, 0.29) is 29.6 Å². The van der Waals surface area contributed by atoms with Crippen molar-refractivity contribution < 1.29 is 24.1 Å². The molecule has 1 rings (SSSR count). The first kappa shape index (κ1) is 16.8. The van der Waals surface area contributed by atoms with E-state index in [1.54, 1.807) is 12.1 Å². The second kappa shape index (κ2) is 8.80. The summed E-state index contributed by atoms with van der Waals surface area (Å²) in [7, 11) is 2.87. The molecule has 7 heteroatoms. The highest BCUT2D eigenvalue weighted by atomic mass is 16.5. The number of phenolic OH excluding ortho intramolecular Hbond substituents is 1. The van der Waals surface area contributed by atoms with E-state index < -0.39 is 0 Å². The van der Waals surface area contributed by atoms with E-state index in [1.165, 1.54) is 20.4 Å². The predicted molar refractivity (Wildman–Crippen MR) is 78.1 cm³/mol. The van der Waals surface area contributed by atoms with Gasteiger partial charge in [0.2, 0.25) is 11.7 Å². The number of carbonyl (C=O) groups excluding carboxylic acids is 1. The molecule has 7 nitrogen and oxygen atoms in total. The van der Waals surface area contributed by atoms with Crippen molar-refractivity contribution in [2.45, 2.75) is 13.3 Å². The number of hydrogen-bond acceptors (Lipinski definition) is 6. The first-order valence-electron chi connectivity index (χ1n) is 6.47. The molecule has 0 heterocycles. The normalized spacial score (nSPS) is 10.6. The van der Waals surface area contributed by atoms with Crippen LogP contribution in [-0.2, 0) is 9.53 Å². The minimum atomic E-state index is -0.239. The Hall–Kier alpha value is -2.28. The van der Waals surface area contributed by atoms with Gasteiger partial charge in [-0.15, -0.1) is 0 Å². The third-order valence-corrected chi connectivity index (χ3v) is 2.58. The van der Waals surface area contributed by atoms with E-state index in [0.717, 1.165) is 0 Å². The number of nitrogens with one attached hydrogen (secondary N) is 1. The molecule has 0 spiro atoms. The molecule has 0 unspecified atom stereocenters. The fraction of sp³-hybridized carbons (Fsp3) is 0.429. The highest BCUT2D eigenvalue weighted by Gasteiger charge is 2.10. The van der Waals surface area contributed by atoms with Gasteiger partial charge in [0.05, 0.1) is 33.5 Å². The molecule has 1 aromatic carbocycles. The molecule has 0 saturated carbocycles. The van der Waals surface area contributed by atoms with Gasteiger partial charge in [0.1, 0.15) is 0 Å². The van der Waals surface area contributed by atoms with Crippen LogP contribution in [0.5, 0.6) is 17.2 Å². The molecule has 0 atom stereocenters. The smallest absolute Gasteiger partial charge is 0.242 e. The number of nitrogens with zero attached hydrogens (tertiary/aromatic N) is 1. The van der Waals surface area contributed by atoms with Crippen molar-refractivity contribution in [2.24, 2.45) is 5.10 Å². The van der Waals surface area contributed by atoms with E-state index in [2.05, 4.69) is 10.5 Å². The van der Waals surface area contributed by atoms with Gasteiger partial charge in [0.25, 0.3) is 0 Å². The van der Waals surface area contributed by atoms with Gasteiger partial charge in [-0.05, 0) is 19.1 Å². The van der Waals surface area contributed by atoms with Crippen molar-refractivity contribution in [1.29, 1.82) is 0 Å². The highest BCUT2D eigenvalue weighted by Crippen LogP contribution is 2.36. The SMILES string of the molecule is CCOCCC(=O)N/N=C/c1cc(OC)c(O)c(OC)c1. The maximum Gasteiger partial charge on any atom is 0.242 e. The molecule has 21 heavy (non-hydrogen) atoms. The fourth-order valence-electron chi connectivity index (χ4n) is 1.53. The molecule has 0 aliphatic rings. The van der Waals surface area contributed by atoms with E-state index in [4.69, 9.17) is 14.2 Å². The standard InChI is InChI=1S/C14H20N2O5/c1-4-21-6-5-13(17)16-15-9-10-7-11(19-2)14(18)12(8-10)20-3/h7-9,18H,4-6H2,1-3H3,(H,16,17)/b15-9+. The molecule has 0 aliphatic carbocycles. The summed E-state index contributed by atoms with van der Waals surface area (Å²) in [5.41, 5.74) is 3.00. The minimum Gasteiger partial charge on any atom is -0.502 e. The van der Waals surface area contributed by atoms with Crippen molar-refractivity contribution in [2.75, 3.05) is 27.4 Å². The number of methoxy groups -OCH3 is 2. The molecular formula is C14H20N2O5. The molecule has 2 N–H and O–H groups in total. The lowest BCUT2D eigenvalue weighted by Gasteiger charge is -2.09. The topological polar surface area (TPSA) is 89.4 Å². The van der Waals surface area contributed by atoms with Gasteiger partial charge in [-0.3, -0.25) is 4.79 Å². The number of amides is 1. The molecule has 116 valence electrons. The van der Waals surface area contributed by atoms with Crippen LogP contribution in [0.25, 0.3) is 0 Å². The largest absolute Gasteiger partial charge is 0.502 e. The Labute approximate surface area is 123 Å². The summed E-state index contributed by atoms with van der Waals surface area (Å²) < 4.78 is 15.1. The lowest BCUT2D eigenvalue weighted by atomic mass is 10.2. The Morgan fingerprint density at radius 1 is 1.33 bits per heavy atom. The van der Waals surface area contributed by atoms with Gasteiger partial charge in [-0.2, -0.15) is 5.10 Å². The zero-order valence-corrected chi connectivity index (χ0v) is 12.4. The number of rotatable bonds is 8. The molecule has 0 bridgehead atoms. The Kier molecular flexibility index (Phi) is 7.03. The van der Waals surface area contributed by atoms with Gasteiger partial charge >= 0.3 is 0 Å². The van der Waals surface area contributed by atoms with Crippen LogP contribution in [0.2, 0.25) is 0 Å². The Morgan fingerprint density at radius 3 is 2.48 bits per heavy atom. The summed E-state index contributed by atoms with van der Waals surface area (Å²) in [6.07, 6.45) is 1.68. The number of aromatic hydroxyl groups is 1. The number of hydrazone groups is 1. The monoisotopic (exact) mass is 296 g/mol. The van der Waals surface area contributed by atoms with E-state index in [1.807, 2.05) is 6.92 Å².